The molecule has 1 unspecified atom stereocenters. The van der Waals surface area contributed by atoms with E-state index in [-0.39, 0.29) is 30.1 Å². The summed E-state index contributed by atoms with van der Waals surface area (Å²) < 4.78 is 5.71. The van der Waals surface area contributed by atoms with E-state index in [9.17, 15) is 5.11 Å². The summed E-state index contributed by atoms with van der Waals surface area (Å²) in [5, 5.41) is 17.1. The van der Waals surface area contributed by atoms with Crippen LogP contribution in [-0.4, -0.2) is 61.3 Å². The first-order valence-electron chi connectivity index (χ1n) is 10.8. The third-order valence-corrected chi connectivity index (χ3v) is 4.77. The summed E-state index contributed by atoms with van der Waals surface area (Å²) in [6.07, 6.45) is 4.49. The maximum atomic E-state index is 10.5. The Morgan fingerprint density at radius 2 is 1.97 bits per heavy atom. The van der Waals surface area contributed by atoms with Crippen molar-refractivity contribution in [2.45, 2.75) is 58.7 Å². The van der Waals surface area contributed by atoms with Crippen LogP contribution in [0.4, 0.5) is 0 Å². The van der Waals surface area contributed by atoms with Gasteiger partial charge in [0, 0.05) is 13.1 Å². The quantitative estimate of drug-likeness (QED) is 0.181. The van der Waals surface area contributed by atoms with Crippen molar-refractivity contribution in [2.75, 3.05) is 39.3 Å². The molecule has 0 saturated carbocycles. The number of aliphatic imine (C=N–C) groups is 1. The zero-order valence-electron chi connectivity index (χ0n) is 18.2. The second kappa shape index (κ2) is 14.8. The van der Waals surface area contributed by atoms with E-state index in [1.54, 1.807) is 0 Å². The van der Waals surface area contributed by atoms with Crippen molar-refractivity contribution in [3.63, 3.8) is 0 Å². The van der Waals surface area contributed by atoms with Gasteiger partial charge in [-0.1, -0.05) is 12.1 Å². The molecule has 3 N–H and O–H groups in total. The largest absolute Gasteiger partial charge is 0.491 e. The summed E-state index contributed by atoms with van der Waals surface area (Å²) in [5.41, 5.74) is 0.823. The highest BCUT2D eigenvalue weighted by Crippen LogP contribution is 2.20. The number of halogens is 1. The van der Waals surface area contributed by atoms with Crippen molar-refractivity contribution in [3.05, 3.63) is 29.8 Å². The van der Waals surface area contributed by atoms with Crippen LogP contribution in [0, 0.1) is 0 Å². The molecule has 0 spiro atoms. The van der Waals surface area contributed by atoms with E-state index in [4.69, 9.17) is 4.74 Å². The number of aliphatic hydroxyl groups is 1. The SMILES string of the molecule is CCNC(=NCC(O)c1cccc(OC(C)C)c1)NCCCCN1CCCC1.I. The number of likely N-dealkylation sites (tertiary alicyclic amines) is 1. The minimum atomic E-state index is -0.652. The van der Waals surface area contributed by atoms with E-state index in [1.807, 2.05) is 45.0 Å². The highest BCUT2D eigenvalue weighted by atomic mass is 127. The van der Waals surface area contributed by atoms with E-state index in [2.05, 4.69) is 20.5 Å². The molecule has 6 nitrogen and oxygen atoms in total. The third-order valence-electron chi connectivity index (χ3n) is 4.77. The molecule has 0 aromatic heterocycles. The van der Waals surface area contributed by atoms with E-state index in [0.717, 1.165) is 36.8 Å². The minimum absolute atomic E-state index is 0. The fraction of sp³-hybridized carbons (Fsp3) is 0.682. The number of unbranched alkanes of at least 4 members (excludes halogenated alkanes) is 1. The lowest BCUT2D eigenvalue weighted by atomic mass is 10.1. The van der Waals surface area contributed by atoms with Gasteiger partial charge >= 0.3 is 0 Å². The number of nitrogens with zero attached hydrogens (tertiary/aromatic N) is 2. The highest BCUT2D eigenvalue weighted by Gasteiger charge is 2.11. The lowest BCUT2D eigenvalue weighted by Crippen LogP contribution is -2.38. The average Bonchev–Trinajstić information content (AvgIpc) is 3.18. The van der Waals surface area contributed by atoms with Crippen molar-refractivity contribution in [1.82, 2.24) is 15.5 Å². The molecule has 0 bridgehead atoms. The van der Waals surface area contributed by atoms with Gasteiger partial charge < -0.3 is 25.4 Å². The van der Waals surface area contributed by atoms with Crippen LogP contribution in [0.3, 0.4) is 0 Å². The van der Waals surface area contributed by atoms with Gasteiger partial charge in [-0.3, -0.25) is 4.99 Å². The molecular formula is C22H39IN4O2. The monoisotopic (exact) mass is 518 g/mol. The number of guanidine groups is 1. The Bertz CT molecular complexity index is 592. The maximum absolute atomic E-state index is 10.5. The fourth-order valence-electron chi connectivity index (χ4n) is 3.37. The Kier molecular flexibility index (Phi) is 13.3. The minimum Gasteiger partial charge on any atom is -0.491 e. The van der Waals surface area contributed by atoms with Crippen molar-refractivity contribution in [3.8, 4) is 5.75 Å². The Balaban J connectivity index is 0.00000420. The second-order valence-electron chi connectivity index (χ2n) is 7.66. The zero-order valence-corrected chi connectivity index (χ0v) is 20.5. The summed E-state index contributed by atoms with van der Waals surface area (Å²) in [6, 6.07) is 7.61. The van der Waals surface area contributed by atoms with Crippen LogP contribution in [-0.2, 0) is 0 Å². The molecular weight excluding hydrogens is 479 g/mol. The van der Waals surface area contributed by atoms with Crippen molar-refractivity contribution in [2.24, 2.45) is 4.99 Å². The average molecular weight is 518 g/mol. The molecule has 0 radical (unpaired) electrons. The second-order valence-corrected chi connectivity index (χ2v) is 7.66. The standard InChI is InChI=1S/C22H38N4O2.HI/c1-4-23-22(24-12-5-6-13-26-14-7-8-15-26)25-17-21(27)19-10-9-11-20(16-19)28-18(2)3;/h9-11,16,18,21,27H,4-8,12-15,17H2,1-3H3,(H2,23,24,25);1H. The summed E-state index contributed by atoms with van der Waals surface area (Å²) >= 11 is 0. The number of aliphatic hydroxyl groups excluding tert-OH is 1. The summed E-state index contributed by atoms with van der Waals surface area (Å²) in [7, 11) is 0. The molecule has 1 aliphatic heterocycles. The summed E-state index contributed by atoms with van der Waals surface area (Å²) in [4.78, 5) is 7.10. The molecule has 1 heterocycles. The number of hydrogen-bond acceptors (Lipinski definition) is 4. The first-order valence-corrected chi connectivity index (χ1v) is 10.8. The van der Waals surface area contributed by atoms with Crippen LogP contribution < -0.4 is 15.4 Å². The van der Waals surface area contributed by atoms with Gasteiger partial charge in [-0.15, -0.1) is 24.0 Å². The Labute approximate surface area is 193 Å². The molecule has 1 aliphatic rings. The van der Waals surface area contributed by atoms with Crippen LogP contribution in [0.2, 0.25) is 0 Å². The van der Waals surface area contributed by atoms with E-state index >= 15 is 0 Å². The molecule has 1 saturated heterocycles. The van der Waals surface area contributed by atoms with Gasteiger partial charge in [0.25, 0.3) is 0 Å². The van der Waals surface area contributed by atoms with Crippen molar-refractivity contribution < 1.29 is 9.84 Å². The molecule has 0 aliphatic carbocycles. The topological polar surface area (TPSA) is 69.1 Å². The predicted molar refractivity (Wildman–Crippen MR) is 131 cm³/mol. The van der Waals surface area contributed by atoms with Crippen LogP contribution in [0.15, 0.2) is 29.3 Å². The first kappa shape index (κ1) is 26.0. The highest BCUT2D eigenvalue weighted by molar-refractivity contribution is 14.0. The normalized spacial score (nSPS) is 15.8. The smallest absolute Gasteiger partial charge is 0.191 e. The summed E-state index contributed by atoms with van der Waals surface area (Å²) in [6.45, 7) is 11.8. The summed E-state index contributed by atoms with van der Waals surface area (Å²) in [5.74, 6) is 1.54. The molecule has 1 fully saturated rings. The van der Waals surface area contributed by atoms with Gasteiger partial charge in [0.2, 0.25) is 0 Å². The van der Waals surface area contributed by atoms with Gasteiger partial charge in [0.05, 0.1) is 18.8 Å². The van der Waals surface area contributed by atoms with Crippen LogP contribution in [0.1, 0.15) is 58.1 Å². The van der Waals surface area contributed by atoms with Crippen LogP contribution in [0.5, 0.6) is 5.75 Å². The van der Waals surface area contributed by atoms with E-state index < -0.39 is 6.10 Å². The van der Waals surface area contributed by atoms with Crippen molar-refractivity contribution >= 4 is 29.9 Å². The van der Waals surface area contributed by atoms with Gasteiger partial charge in [0.1, 0.15) is 5.75 Å². The van der Waals surface area contributed by atoms with Crippen LogP contribution in [0.25, 0.3) is 0 Å². The lowest BCUT2D eigenvalue weighted by Gasteiger charge is -2.16. The molecule has 0 amide bonds. The van der Waals surface area contributed by atoms with Gasteiger partial charge in [-0.05, 0) is 83.8 Å². The van der Waals surface area contributed by atoms with Gasteiger partial charge in [-0.25, -0.2) is 0 Å². The Hall–Kier alpha value is -1.06. The molecule has 166 valence electrons. The molecule has 7 heteroatoms. The molecule has 2 rings (SSSR count). The lowest BCUT2D eigenvalue weighted by molar-refractivity contribution is 0.185. The van der Waals surface area contributed by atoms with E-state index in [0.29, 0.717) is 6.54 Å². The van der Waals surface area contributed by atoms with Gasteiger partial charge in [0.15, 0.2) is 5.96 Å². The molecule has 1 aromatic carbocycles. The number of rotatable bonds is 11. The van der Waals surface area contributed by atoms with E-state index in [1.165, 1.54) is 38.9 Å². The Morgan fingerprint density at radius 3 is 2.66 bits per heavy atom. The molecule has 1 aromatic rings. The molecule has 29 heavy (non-hydrogen) atoms. The maximum Gasteiger partial charge on any atom is 0.191 e. The third kappa shape index (κ3) is 10.5. The van der Waals surface area contributed by atoms with Crippen molar-refractivity contribution in [1.29, 1.82) is 0 Å². The number of hydrogen-bond donors (Lipinski definition) is 3. The zero-order chi connectivity index (χ0) is 20.2. The first-order chi connectivity index (χ1) is 13.6. The van der Waals surface area contributed by atoms with Crippen LogP contribution >= 0.6 is 24.0 Å². The van der Waals surface area contributed by atoms with Gasteiger partial charge in [-0.2, -0.15) is 0 Å². The number of ether oxygens (including phenoxy) is 1. The number of benzene rings is 1. The Morgan fingerprint density at radius 1 is 1.21 bits per heavy atom. The predicted octanol–water partition coefficient (Wildman–Crippen LogP) is 3.56. The molecule has 1 atom stereocenters. The number of nitrogens with one attached hydrogen (secondary N) is 2. The fourth-order valence-corrected chi connectivity index (χ4v) is 3.37.